The van der Waals surface area contributed by atoms with Crippen molar-refractivity contribution in [2.24, 2.45) is 17.1 Å². The van der Waals surface area contributed by atoms with E-state index in [-0.39, 0.29) is 11.3 Å². The Morgan fingerprint density at radius 2 is 1.83 bits per heavy atom. The van der Waals surface area contributed by atoms with Crippen molar-refractivity contribution < 1.29 is 4.79 Å². The quantitative estimate of drug-likeness (QED) is 0.820. The standard InChI is InChI=1S/C15H30N2O/c1-5-13(6-2)17(4)14(18)15(11-16)9-7-12(3)8-10-15/h12-13H,5-11,16H2,1-4H3. The second-order valence-corrected chi connectivity index (χ2v) is 6.05. The minimum absolute atomic E-state index is 0.274. The van der Waals surface area contributed by atoms with E-state index in [2.05, 4.69) is 20.8 Å². The van der Waals surface area contributed by atoms with Gasteiger partial charge in [0.2, 0.25) is 5.91 Å². The van der Waals surface area contributed by atoms with Crippen molar-refractivity contribution in [2.75, 3.05) is 13.6 Å². The van der Waals surface area contributed by atoms with Crippen LogP contribution >= 0.6 is 0 Å². The molecule has 0 saturated heterocycles. The molecule has 0 atom stereocenters. The molecule has 1 fully saturated rings. The fourth-order valence-electron chi connectivity index (χ4n) is 3.20. The Labute approximate surface area is 112 Å². The lowest BCUT2D eigenvalue weighted by atomic mass is 9.70. The van der Waals surface area contributed by atoms with Crippen LogP contribution in [0.5, 0.6) is 0 Å². The summed E-state index contributed by atoms with van der Waals surface area (Å²) >= 11 is 0. The Morgan fingerprint density at radius 1 is 1.33 bits per heavy atom. The minimum Gasteiger partial charge on any atom is -0.342 e. The van der Waals surface area contributed by atoms with Gasteiger partial charge in [-0.15, -0.1) is 0 Å². The van der Waals surface area contributed by atoms with Gasteiger partial charge in [-0.05, 0) is 44.4 Å². The van der Waals surface area contributed by atoms with Crippen molar-refractivity contribution in [2.45, 2.75) is 65.3 Å². The minimum atomic E-state index is -0.274. The molecule has 1 saturated carbocycles. The molecule has 18 heavy (non-hydrogen) atoms. The zero-order valence-corrected chi connectivity index (χ0v) is 12.5. The van der Waals surface area contributed by atoms with Gasteiger partial charge in [0.15, 0.2) is 0 Å². The summed E-state index contributed by atoms with van der Waals surface area (Å²) in [6.07, 6.45) is 6.26. The van der Waals surface area contributed by atoms with Crippen LogP contribution in [-0.4, -0.2) is 30.4 Å². The summed E-state index contributed by atoms with van der Waals surface area (Å²) in [5.74, 6) is 1.03. The Hall–Kier alpha value is -0.570. The SMILES string of the molecule is CCC(CC)N(C)C(=O)C1(CN)CCC(C)CC1. The number of hydrogen-bond acceptors (Lipinski definition) is 2. The van der Waals surface area contributed by atoms with Crippen LogP contribution in [0.4, 0.5) is 0 Å². The van der Waals surface area contributed by atoms with Gasteiger partial charge in [-0.25, -0.2) is 0 Å². The largest absolute Gasteiger partial charge is 0.342 e. The van der Waals surface area contributed by atoms with Crippen molar-refractivity contribution >= 4 is 5.91 Å². The van der Waals surface area contributed by atoms with E-state index in [1.807, 2.05) is 11.9 Å². The van der Waals surface area contributed by atoms with Crippen molar-refractivity contribution in [1.82, 2.24) is 4.90 Å². The molecule has 0 radical (unpaired) electrons. The van der Waals surface area contributed by atoms with Crippen molar-refractivity contribution in [3.05, 3.63) is 0 Å². The Bertz CT molecular complexity index is 266. The first-order valence-corrected chi connectivity index (χ1v) is 7.48. The fourth-order valence-corrected chi connectivity index (χ4v) is 3.20. The van der Waals surface area contributed by atoms with Gasteiger partial charge in [0.25, 0.3) is 0 Å². The van der Waals surface area contributed by atoms with Crippen LogP contribution in [0.1, 0.15) is 59.3 Å². The molecule has 1 aliphatic rings. The van der Waals surface area contributed by atoms with Gasteiger partial charge in [-0.3, -0.25) is 4.79 Å². The molecule has 0 unspecified atom stereocenters. The lowest BCUT2D eigenvalue weighted by Crippen LogP contribution is -2.51. The molecule has 1 aliphatic carbocycles. The summed E-state index contributed by atoms with van der Waals surface area (Å²) in [5, 5.41) is 0. The summed E-state index contributed by atoms with van der Waals surface area (Å²) in [5.41, 5.74) is 5.68. The monoisotopic (exact) mass is 254 g/mol. The molecule has 0 aromatic rings. The summed E-state index contributed by atoms with van der Waals surface area (Å²) in [6, 6.07) is 0.361. The van der Waals surface area contributed by atoms with Crippen molar-refractivity contribution in [3.63, 3.8) is 0 Å². The molecule has 2 N–H and O–H groups in total. The first-order valence-electron chi connectivity index (χ1n) is 7.48. The predicted molar refractivity (Wildman–Crippen MR) is 76.3 cm³/mol. The van der Waals surface area contributed by atoms with Crippen molar-refractivity contribution in [1.29, 1.82) is 0 Å². The van der Waals surface area contributed by atoms with Crippen LogP contribution in [0.25, 0.3) is 0 Å². The van der Waals surface area contributed by atoms with Gasteiger partial charge in [-0.1, -0.05) is 20.8 Å². The highest BCUT2D eigenvalue weighted by Crippen LogP contribution is 2.39. The van der Waals surface area contributed by atoms with E-state index in [9.17, 15) is 4.79 Å². The maximum atomic E-state index is 12.8. The van der Waals surface area contributed by atoms with E-state index in [0.717, 1.165) is 44.4 Å². The zero-order valence-electron chi connectivity index (χ0n) is 12.5. The van der Waals surface area contributed by atoms with E-state index in [1.165, 1.54) is 0 Å². The normalized spacial score (nSPS) is 28.4. The number of nitrogens with zero attached hydrogens (tertiary/aromatic N) is 1. The van der Waals surface area contributed by atoms with Crippen LogP contribution in [0.3, 0.4) is 0 Å². The summed E-state index contributed by atoms with van der Waals surface area (Å²) < 4.78 is 0. The van der Waals surface area contributed by atoms with Crippen LogP contribution in [0.2, 0.25) is 0 Å². The van der Waals surface area contributed by atoms with E-state index >= 15 is 0 Å². The smallest absolute Gasteiger partial charge is 0.230 e. The van der Waals surface area contributed by atoms with Gasteiger partial charge in [-0.2, -0.15) is 0 Å². The second kappa shape index (κ2) is 6.55. The lowest BCUT2D eigenvalue weighted by Gasteiger charge is -2.41. The van der Waals surface area contributed by atoms with E-state index in [4.69, 9.17) is 5.73 Å². The molecule has 0 aliphatic heterocycles. The molecule has 0 aromatic heterocycles. The number of nitrogens with two attached hydrogens (primary N) is 1. The second-order valence-electron chi connectivity index (χ2n) is 6.05. The van der Waals surface area contributed by atoms with Crippen LogP contribution < -0.4 is 5.73 Å². The molecule has 3 heteroatoms. The summed E-state index contributed by atoms with van der Waals surface area (Å²) in [7, 11) is 1.95. The molecule has 0 heterocycles. The first-order chi connectivity index (χ1) is 8.50. The van der Waals surface area contributed by atoms with E-state index < -0.39 is 0 Å². The van der Waals surface area contributed by atoms with Gasteiger partial charge in [0.1, 0.15) is 0 Å². The highest BCUT2D eigenvalue weighted by molar-refractivity contribution is 5.83. The van der Waals surface area contributed by atoms with Gasteiger partial charge < -0.3 is 10.6 Å². The van der Waals surface area contributed by atoms with E-state index in [1.54, 1.807) is 0 Å². The van der Waals surface area contributed by atoms with Crippen molar-refractivity contribution in [3.8, 4) is 0 Å². The molecule has 106 valence electrons. The highest BCUT2D eigenvalue weighted by Gasteiger charge is 2.42. The average molecular weight is 254 g/mol. The Morgan fingerprint density at radius 3 is 2.22 bits per heavy atom. The van der Waals surface area contributed by atoms with E-state index in [0.29, 0.717) is 12.6 Å². The summed E-state index contributed by atoms with van der Waals surface area (Å²) in [6.45, 7) is 7.07. The topological polar surface area (TPSA) is 46.3 Å². The number of amides is 1. The van der Waals surface area contributed by atoms with Gasteiger partial charge >= 0.3 is 0 Å². The van der Waals surface area contributed by atoms with Gasteiger partial charge in [0.05, 0.1) is 5.41 Å². The Kier molecular flexibility index (Phi) is 5.64. The fraction of sp³-hybridized carbons (Fsp3) is 0.933. The van der Waals surface area contributed by atoms with Crippen LogP contribution in [-0.2, 0) is 4.79 Å². The summed E-state index contributed by atoms with van der Waals surface area (Å²) in [4.78, 5) is 14.7. The average Bonchev–Trinajstić information content (AvgIpc) is 2.40. The van der Waals surface area contributed by atoms with Crippen LogP contribution in [0.15, 0.2) is 0 Å². The number of hydrogen-bond donors (Lipinski definition) is 1. The third-order valence-corrected chi connectivity index (χ3v) is 4.89. The molecule has 0 bridgehead atoms. The lowest BCUT2D eigenvalue weighted by molar-refractivity contribution is -0.145. The molecule has 1 amide bonds. The first kappa shape index (κ1) is 15.5. The number of carbonyl (C=O) groups is 1. The number of rotatable bonds is 5. The zero-order chi connectivity index (χ0) is 13.8. The Balaban J connectivity index is 2.78. The predicted octanol–water partition coefficient (Wildman–Crippen LogP) is 2.79. The third kappa shape index (κ3) is 3.05. The van der Waals surface area contributed by atoms with Gasteiger partial charge in [0, 0.05) is 19.6 Å². The maximum Gasteiger partial charge on any atom is 0.230 e. The molecule has 0 spiro atoms. The maximum absolute atomic E-state index is 12.8. The molecular formula is C15H30N2O. The third-order valence-electron chi connectivity index (χ3n) is 4.89. The molecular weight excluding hydrogens is 224 g/mol. The van der Waals surface area contributed by atoms with Crippen LogP contribution in [0, 0.1) is 11.3 Å². The number of carbonyl (C=O) groups excluding carboxylic acids is 1. The highest BCUT2D eigenvalue weighted by atomic mass is 16.2. The molecule has 0 aromatic carbocycles. The molecule has 3 nitrogen and oxygen atoms in total. The molecule has 1 rings (SSSR count).